The number of methoxy groups -OCH3 is 2. The van der Waals surface area contributed by atoms with Crippen LogP contribution in [0.4, 0.5) is 0 Å². The lowest BCUT2D eigenvalue weighted by atomic mass is 10.1. The number of benzene rings is 1. The molecule has 1 aromatic rings. The van der Waals surface area contributed by atoms with Crippen LogP contribution in [0, 0.1) is 0 Å². The molecule has 1 atom stereocenters. The van der Waals surface area contributed by atoms with Crippen molar-refractivity contribution < 1.29 is 14.3 Å². The molecule has 0 radical (unpaired) electrons. The molecular formula is C18H29NO3. The van der Waals surface area contributed by atoms with Crippen LogP contribution in [-0.2, 0) is 11.3 Å². The molecular weight excluding hydrogens is 278 g/mol. The molecule has 1 unspecified atom stereocenters. The van der Waals surface area contributed by atoms with E-state index < -0.39 is 0 Å². The first-order valence-corrected chi connectivity index (χ1v) is 8.08. The summed E-state index contributed by atoms with van der Waals surface area (Å²) in [6.07, 6.45) is 3.51. The molecule has 0 N–H and O–H groups in total. The summed E-state index contributed by atoms with van der Waals surface area (Å²) < 4.78 is 10.8. The number of amides is 1. The molecule has 0 bridgehead atoms. The predicted octanol–water partition coefficient (Wildman–Crippen LogP) is 4.02. The zero-order chi connectivity index (χ0) is 16.5. The fraction of sp³-hybridized carbons (Fsp3) is 0.611. The first-order valence-electron chi connectivity index (χ1n) is 8.08. The van der Waals surface area contributed by atoms with E-state index in [9.17, 15) is 4.79 Å². The van der Waals surface area contributed by atoms with Crippen LogP contribution in [0.2, 0.25) is 0 Å². The summed E-state index contributed by atoms with van der Waals surface area (Å²) in [4.78, 5) is 14.4. The lowest BCUT2D eigenvalue weighted by Crippen LogP contribution is -2.38. The van der Waals surface area contributed by atoms with Crippen molar-refractivity contribution in [3.8, 4) is 11.5 Å². The molecule has 0 aliphatic heterocycles. The van der Waals surface area contributed by atoms with E-state index in [-0.39, 0.29) is 11.9 Å². The Kier molecular flexibility index (Phi) is 7.78. The van der Waals surface area contributed by atoms with Crippen molar-refractivity contribution in [2.45, 2.75) is 59.0 Å². The van der Waals surface area contributed by atoms with Crippen LogP contribution < -0.4 is 9.47 Å². The van der Waals surface area contributed by atoms with E-state index in [1.807, 2.05) is 30.0 Å². The minimum atomic E-state index is 0.202. The van der Waals surface area contributed by atoms with Gasteiger partial charge in [-0.3, -0.25) is 4.79 Å². The molecule has 4 heteroatoms. The zero-order valence-corrected chi connectivity index (χ0v) is 14.5. The second kappa shape index (κ2) is 9.34. The second-order valence-corrected chi connectivity index (χ2v) is 5.56. The van der Waals surface area contributed by atoms with E-state index >= 15 is 0 Å². The molecule has 0 spiro atoms. The number of ether oxygens (including phenoxy) is 2. The number of nitrogens with zero attached hydrogens (tertiary/aromatic N) is 1. The van der Waals surface area contributed by atoms with E-state index in [0.29, 0.717) is 24.5 Å². The van der Waals surface area contributed by atoms with Crippen molar-refractivity contribution >= 4 is 5.91 Å². The molecule has 124 valence electrons. The van der Waals surface area contributed by atoms with Gasteiger partial charge in [0.05, 0.1) is 14.2 Å². The van der Waals surface area contributed by atoms with Crippen LogP contribution in [0.15, 0.2) is 18.2 Å². The summed E-state index contributed by atoms with van der Waals surface area (Å²) in [5.41, 5.74) is 0.981. The Bertz CT molecular complexity index is 473. The summed E-state index contributed by atoms with van der Waals surface area (Å²) in [7, 11) is 3.26. The van der Waals surface area contributed by atoms with Gasteiger partial charge in [-0.2, -0.15) is 0 Å². The third kappa shape index (κ3) is 4.65. The minimum absolute atomic E-state index is 0.202. The quantitative estimate of drug-likeness (QED) is 0.691. The third-order valence-corrected chi connectivity index (χ3v) is 3.85. The van der Waals surface area contributed by atoms with E-state index in [1.165, 1.54) is 0 Å². The summed E-state index contributed by atoms with van der Waals surface area (Å²) in [6.45, 7) is 6.85. The van der Waals surface area contributed by atoms with Crippen molar-refractivity contribution in [2.75, 3.05) is 14.2 Å². The first kappa shape index (κ1) is 18.3. The topological polar surface area (TPSA) is 38.8 Å². The van der Waals surface area contributed by atoms with Gasteiger partial charge < -0.3 is 14.4 Å². The highest BCUT2D eigenvalue weighted by atomic mass is 16.5. The smallest absolute Gasteiger partial charge is 0.223 e. The fourth-order valence-electron chi connectivity index (χ4n) is 2.68. The fourth-order valence-corrected chi connectivity index (χ4v) is 2.68. The normalized spacial score (nSPS) is 11.9. The van der Waals surface area contributed by atoms with Crippen LogP contribution in [0.3, 0.4) is 0 Å². The average Bonchev–Trinajstić information content (AvgIpc) is 2.52. The standard InChI is InChI=1S/C18H29NO3/c1-6-9-14(3)19(17(20)10-7-2)13-15-11-8-12-16(21-4)18(15)22-5/h8,11-12,14H,6-7,9-10,13H2,1-5H3. The summed E-state index contributed by atoms with van der Waals surface area (Å²) in [6, 6.07) is 6.02. The van der Waals surface area contributed by atoms with E-state index in [4.69, 9.17) is 9.47 Å². The monoisotopic (exact) mass is 307 g/mol. The second-order valence-electron chi connectivity index (χ2n) is 5.56. The average molecular weight is 307 g/mol. The van der Waals surface area contributed by atoms with Gasteiger partial charge in [-0.1, -0.05) is 32.4 Å². The summed E-state index contributed by atoms with van der Waals surface area (Å²) >= 11 is 0. The van der Waals surface area contributed by atoms with Crippen molar-refractivity contribution in [3.05, 3.63) is 23.8 Å². The van der Waals surface area contributed by atoms with Gasteiger partial charge >= 0.3 is 0 Å². The number of hydrogen-bond donors (Lipinski definition) is 0. The van der Waals surface area contributed by atoms with Gasteiger partial charge in [-0.05, 0) is 25.8 Å². The number of hydrogen-bond acceptors (Lipinski definition) is 3. The van der Waals surface area contributed by atoms with Crippen molar-refractivity contribution in [3.63, 3.8) is 0 Å². The summed E-state index contributed by atoms with van der Waals surface area (Å²) in [5.74, 6) is 1.61. The maximum Gasteiger partial charge on any atom is 0.223 e. The maximum absolute atomic E-state index is 12.5. The van der Waals surface area contributed by atoms with Crippen LogP contribution in [0.5, 0.6) is 11.5 Å². The maximum atomic E-state index is 12.5. The molecule has 0 heterocycles. The highest BCUT2D eigenvalue weighted by Gasteiger charge is 2.21. The highest BCUT2D eigenvalue weighted by Crippen LogP contribution is 2.32. The molecule has 0 fully saturated rings. The van der Waals surface area contributed by atoms with Gasteiger partial charge in [0.25, 0.3) is 0 Å². The van der Waals surface area contributed by atoms with E-state index in [0.717, 1.165) is 24.8 Å². The predicted molar refractivity (Wildman–Crippen MR) is 89.4 cm³/mol. The Labute approximate surface area is 134 Å². The van der Waals surface area contributed by atoms with Gasteiger partial charge in [-0.25, -0.2) is 0 Å². The lowest BCUT2D eigenvalue weighted by Gasteiger charge is -2.30. The van der Waals surface area contributed by atoms with Gasteiger partial charge in [0.2, 0.25) is 5.91 Å². The van der Waals surface area contributed by atoms with Crippen LogP contribution in [0.1, 0.15) is 52.0 Å². The Morgan fingerprint density at radius 2 is 1.91 bits per heavy atom. The molecule has 0 aliphatic carbocycles. The molecule has 1 amide bonds. The van der Waals surface area contributed by atoms with Gasteiger partial charge in [0.1, 0.15) is 0 Å². The summed E-state index contributed by atoms with van der Waals surface area (Å²) in [5, 5.41) is 0. The molecule has 1 rings (SSSR count). The molecule has 4 nitrogen and oxygen atoms in total. The zero-order valence-electron chi connectivity index (χ0n) is 14.5. The van der Waals surface area contributed by atoms with Gasteiger partial charge in [0, 0.05) is 24.6 Å². The van der Waals surface area contributed by atoms with Gasteiger partial charge in [-0.15, -0.1) is 0 Å². The molecule has 0 aliphatic rings. The van der Waals surface area contributed by atoms with Crippen LogP contribution >= 0.6 is 0 Å². The van der Waals surface area contributed by atoms with Crippen LogP contribution in [-0.4, -0.2) is 31.1 Å². The molecule has 0 saturated heterocycles. The van der Waals surface area contributed by atoms with E-state index in [2.05, 4.69) is 13.8 Å². The van der Waals surface area contributed by atoms with E-state index in [1.54, 1.807) is 14.2 Å². The Morgan fingerprint density at radius 3 is 2.45 bits per heavy atom. The minimum Gasteiger partial charge on any atom is -0.493 e. The largest absolute Gasteiger partial charge is 0.493 e. The molecule has 0 saturated carbocycles. The number of rotatable bonds is 9. The van der Waals surface area contributed by atoms with Crippen LogP contribution in [0.25, 0.3) is 0 Å². The number of carbonyl (C=O) groups is 1. The van der Waals surface area contributed by atoms with Gasteiger partial charge in [0.15, 0.2) is 11.5 Å². The Morgan fingerprint density at radius 1 is 1.18 bits per heavy atom. The molecule has 0 aromatic heterocycles. The Balaban J connectivity index is 3.05. The molecule has 1 aromatic carbocycles. The van der Waals surface area contributed by atoms with Crippen molar-refractivity contribution in [1.29, 1.82) is 0 Å². The highest BCUT2D eigenvalue weighted by molar-refractivity contribution is 5.76. The van der Waals surface area contributed by atoms with Crippen molar-refractivity contribution in [2.24, 2.45) is 0 Å². The molecule has 22 heavy (non-hydrogen) atoms. The number of para-hydroxylation sites is 1. The third-order valence-electron chi connectivity index (χ3n) is 3.85. The SMILES string of the molecule is CCCC(=O)N(Cc1cccc(OC)c1OC)C(C)CCC. The lowest BCUT2D eigenvalue weighted by molar-refractivity contribution is -0.134. The first-order chi connectivity index (χ1) is 10.6. The Hall–Kier alpha value is -1.71. The van der Waals surface area contributed by atoms with Crippen molar-refractivity contribution in [1.82, 2.24) is 4.90 Å². The number of carbonyl (C=O) groups excluding carboxylic acids is 1.